The molecule has 0 saturated carbocycles. The van der Waals surface area contributed by atoms with Gasteiger partial charge in [0.25, 0.3) is 0 Å². The summed E-state index contributed by atoms with van der Waals surface area (Å²) in [5.41, 5.74) is 3.22. The first-order valence-electron chi connectivity index (χ1n) is 6.82. The van der Waals surface area contributed by atoms with Gasteiger partial charge in [-0.05, 0) is 23.6 Å². The second-order valence-electron chi connectivity index (χ2n) is 4.51. The van der Waals surface area contributed by atoms with Crippen LogP contribution in [-0.4, -0.2) is 33.5 Å². The molecule has 0 aliphatic rings. The Morgan fingerprint density at radius 3 is 2.43 bits per heavy atom. The molecular weight excluding hydrogens is 316 g/mol. The van der Waals surface area contributed by atoms with E-state index in [-0.39, 0.29) is 5.91 Å². The van der Waals surface area contributed by atoms with Gasteiger partial charge in [-0.25, -0.2) is 5.43 Å². The van der Waals surface area contributed by atoms with Crippen LogP contribution < -0.4 is 19.6 Å². The summed E-state index contributed by atoms with van der Waals surface area (Å²) in [6.45, 7) is 0. The largest absolute Gasteiger partial charge is 0.493 e. The fraction of sp³-hybridized carbons (Fsp3) is 0.250. The Balaban J connectivity index is 2.05. The molecule has 1 heterocycles. The second kappa shape index (κ2) is 8.19. The Bertz CT molecular complexity index is 658. The van der Waals surface area contributed by atoms with Gasteiger partial charge in [-0.1, -0.05) is 6.07 Å². The SMILES string of the molecule is COc1cc(C=NNC(=O)Cc2cccs2)cc(OC)c1OC. The fourth-order valence-corrected chi connectivity index (χ4v) is 2.67. The molecule has 0 aliphatic carbocycles. The van der Waals surface area contributed by atoms with E-state index in [1.807, 2.05) is 17.5 Å². The highest BCUT2D eigenvalue weighted by molar-refractivity contribution is 7.10. The molecular formula is C16H18N2O4S. The molecule has 0 unspecified atom stereocenters. The molecule has 1 N–H and O–H groups in total. The standard InChI is InChI=1S/C16H18N2O4S/c1-20-13-7-11(8-14(21-2)16(13)22-3)10-17-18-15(19)9-12-5-4-6-23-12/h4-8,10H,9H2,1-3H3,(H,18,19). The number of thiophene rings is 1. The van der Waals surface area contributed by atoms with Gasteiger partial charge in [-0.2, -0.15) is 5.10 Å². The van der Waals surface area contributed by atoms with Crippen LogP contribution in [0.1, 0.15) is 10.4 Å². The minimum Gasteiger partial charge on any atom is -0.493 e. The third-order valence-electron chi connectivity index (χ3n) is 3.00. The third-order valence-corrected chi connectivity index (χ3v) is 3.88. The Morgan fingerprint density at radius 2 is 1.91 bits per heavy atom. The topological polar surface area (TPSA) is 69.2 Å². The molecule has 23 heavy (non-hydrogen) atoms. The van der Waals surface area contributed by atoms with Gasteiger partial charge in [0.05, 0.1) is 34.0 Å². The Hall–Kier alpha value is -2.54. The fourth-order valence-electron chi connectivity index (χ4n) is 1.97. The van der Waals surface area contributed by atoms with Crippen LogP contribution in [0.2, 0.25) is 0 Å². The van der Waals surface area contributed by atoms with Gasteiger partial charge in [0.2, 0.25) is 11.7 Å². The first kappa shape index (κ1) is 16.8. The molecule has 0 bridgehead atoms. The molecule has 0 saturated heterocycles. The van der Waals surface area contributed by atoms with Gasteiger partial charge < -0.3 is 14.2 Å². The van der Waals surface area contributed by atoms with E-state index in [9.17, 15) is 4.79 Å². The summed E-state index contributed by atoms with van der Waals surface area (Å²) in [7, 11) is 4.63. The molecule has 0 fully saturated rings. The van der Waals surface area contributed by atoms with E-state index in [0.717, 1.165) is 10.4 Å². The first-order valence-corrected chi connectivity index (χ1v) is 7.70. The highest BCUT2D eigenvalue weighted by atomic mass is 32.1. The third kappa shape index (κ3) is 4.46. The molecule has 1 amide bonds. The zero-order valence-corrected chi connectivity index (χ0v) is 14.0. The summed E-state index contributed by atoms with van der Waals surface area (Å²) in [5, 5.41) is 5.89. The number of hydrazone groups is 1. The van der Waals surface area contributed by atoms with E-state index < -0.39 is 0 Å². The number of nitrogens with one attached hydrogen (secondary N) is 1. The van der Waals surface area contributed by atoms with Crippen molar-refractivity contribution in [1.82, 2.24) is 5.43 Å². The summed E-state index contributed by atoms with van der Waals surface area (Å²) < 4.78 is 15.8. The van der Waals surface area contributed by atoms with E-state index in [0.29, 0.717) is 23.7 Å². The van der Waals surface area contributed by atoms with Crippen molar-refractivity contribution >= 4 is 23.5 Å². The summed E-state index contributed by atoms with van der Waals surface area (Å²) in [6, 6.07) is 7.31. The van der Waals surface area contributed by atoms with Crippen LogP contribution in [0.4, 0.5) is 0 Å². The molecule has 122 valence electrons. The van der Waals surface area contributed by atoms with Crippen LogP contribution in [0, 0.1) is 0 Å². The lowest BCUT2D eigenvalue weighted by molar-refractivity contribution is -0.120. The van der Waals surface area contributed by atoms with Crippen molar-refractivity contribution in [2.75, 3.05) is 21.3 Å². The minimum absolute atomic E-state index is 0.170. The lowest BCUT2D eigenvalue weighted by Gasteiger charge is -2.12. The number of rotatable bonds is 7. The molecule has 0 spiro atoms. The van der Waals surface area contributed by atoms with Gasteiger partial charge in [0, 0.05) is 10.4 Å². The molecule has 1 aromatic heterocycles. The number of methoxy groups -OCH3 is 3. The van der Waals surface area contributed by atoms with E-state index in [4.69, 9.17) is 14.2 Å². The average molecular weight is 334 g/mol. The molecule has 7 heteroatoms. The highest BCUT2D eigenvalue weighted by Gasteiger charge is 2.12. The van der Waals surface area contributed by atoms with Crippen molar-refractivity contribution in [3.63, 3.8) is 0 Å². The van der Waals surface area contributed by atoms with E-state index >= 15 is 0 Å². The summed E-state index contributed by atoms with van der Waals surface area (Å²) >= 11 is 1.54. The van der Waals surface area contributed by atoms with Gasteiger partial charge in [-0.3, -0.25) is 4.79 Å². The molecule has 0 atom stereocenters. The highest BCUT2D eigenvalue weighted by Crippen LogP contribution is 2.37. The molecule has 2 aromatic rings. The van der Waals surface area contributed by atoms with Crippen molar-refractivity contribution in [2.24, 2.45) is 5.10 Å². The molecule has 0 aliphatic heterocycles. The van der Waals surface area contributed by atoms with Crippen LogP contribution in [0.3, 0.4) is 0 Å². The maximum atomic E-state index is 11.8. The monoisotopic (exact) mass is 334 g/mol. The predicted octanol–water partition coefficient (Wildman–Crippen LogP) is 2.47. The quantitative estimate of drug-likeness (QED) is 0.624. The number of hydrogen-bond donors (Lipinski definition) is 1. The maximum Gasteiger partial charge on any atom is 0.245 e. The number of ether oxygens (including phenoxy) is 3. The predicted molar refractivity (Wildman–Crippen MR) is 89.9 cm³/mol. The van der Waals surface area contributed by atoms with Crippen LogP contribution in [0.25, 0.3) is 0 Å². The van der Waals surface area contributed by atoms with Gasteiger partial charge in [-0.15, -0.1) is 11.3 Å². The Labute approximate surface area is 138 Å². The average Bonchev–Trinajstić information content (AvgIpc) is 3.06. The molecule has 0 radical (unpaired) electrons. The summed E-state index contributed by atoms with van der Waals surface area (Å²) in [4.78, 5) is 12.8. The smallest absolute Gasteiger partial charge is 0.245 e. The van der Waals surface area contributed by atoms with Gasteiger partial charge in [0.15, 0.2) is 11.5 Å². The normalized spacial score (nSPS) is 10.6. The van der Waals surface area contributed by atoms with Crippen LogP contribution >= 0.6 is 11.3 Å². The lowest BCUT2D eigenvalue weighted by Crippen LogP contribution is -2.19. The van der Waals surface area contributed by atoms with Crippen molar-refractivity contribution in [3.8, 4) is 17.2 Å². The summed E-state index contributed by atoms with van der Waals surface area (Å²) in [5.74, 6) is 1.39. The van der Waals surface area contributed by atoms with Crippen LogP contribution in [-0.2, 0) is 11.2 Å². The van der Waals surface area contributed by atoms with Crippen molar-refractivity contribution < 1.29 is 19.0 Å². The van der Waals surface area contributed by atoms with Crippen molar-refractivity contribution in [1.29, 1.82) is 0 Å². The Kier molecular flexibility index (Phi) is 5.99. The van der Waals surface area contributed by atoms with E-state index in [1.54, 1.807) is 33.5 Å². The van der Waals surface area contributed by atoms with E-state index in [2.05, 4.69) is 10.5 Å². The van der Waals surface area contributed by atoms with Gasteiger partial charge >= 0.3 is 0 Å². The number of benzene rings is 1. The summed E-state index contributed by atoms with van der Waals surface area (Å²) in [6.07, 6.45) is 1.83. The first-order chi connectivity index (χ1) is 11.2. The number of carbonyl (C=O) groups is 1. The number of nitrogens with zero attached hydrogens (tertiary/aromatic N) is 1. The zero-order chi connectivity index (χ0) is 16.7. The lowest BCUT2D eigenvalue weighted by atomic mass is 10.2. The molecule has 2 rings (SSSR count). The van der Waals surface area contributed by atoms with Crippen LogP contribution in [0.5, 0.6) is 17.2 Å². The zero-order valence-electron chi connectivity index (χ0n) is 13.2. The van der Waals surface area contributed by atoms with E-state index in [1.165, 1.54) is 17.6 Å². The minimum atomic E-state index is -0.170. The molecule has 6 nitrogen and oxygen atoms in total. The number of amides is 1. The van der Waals surface area contributed by atoms with Gasteiger partial charge in [0.1, 0.15) is 0 Å². The number of carbonyl (C=O) groups excluding carboxylic acids is 1. The van der Waals surface area contributed by atoms with Crippen molar-refractivity contribution in [3.05, 3.63) is 40.1 Å². The Morgan fingerprint density at radius 1 is 1.22 bits per heavy atom. The van der Waals surface area contributed by atoms with Crippen LogP contribution in [0.15, 0.2) is 34.7 Å². The molecule has 1 aromatic carbocycles. The maximum absolute atomic E-state index is 11.8. The van der Waals surface area contributed by atoms with Crippen molar-refractivity contribution in [2.45, 2.75) is 6.42 Å². The number of hydrogen-bond acceptors (Lipinski definition) is 6. The second-order valence-corrected chi connectivity index (χ2v) is 5.54.